The summed E-state index contributed by atoms with van der Waals surface area (Å²) in [6.07, 6.45) is 1.68. The Labute approximate surface area is 120 Å². The largest absolute Gasteiger partial charge is 0.339 e. The molecule has 2 N–H and O–H groups in total. The van der Waals surface area contributed by atoms with Crippen LogP contribution in [0, 0.1) is 0 Å². The van der Waals surface area contributed by atoms with Crippen LogP contribution >= 0.6 is 0 Å². The molecule has 2 rings (SSSR count). The topological polar surface area (TPSA) is 64.9 Å². The molecule has 0 aliphatic rings. The third-order valence-electron chi connectivity index (χ3n) is 4.09. The first-order valence-corrected chi connectivity index (χ1v) is 6.96. The van der Waals surface area contributed by atoms with Gasteiger partial charge in [0.2, 0.25) is 5.89 Å². The van der Waals surface area contributed by atoms with Gasteiger partial charge in [-0.05, 0) is 39.7 Å². The molecule has 0 unspecified atom stereocenters. The van der Waals surface area contributed by atoms with Crippen molar-refractivity contribution in [2.75, 3.05) is 0 Å². The van der Waals surface area contributed by atoms with Crippen LogP contribution in [0.2, 0.25) is 0 Å². The lowest BCUT2D eigenvalue weighted by atomic mass is 9.75. The van der Waals surface area contributed by atoms with Crippen LogP contribution in [-0.2, 0) is 18.3 Å². The molecule has 0 radical (unpaired) electrons. The molecule has 0 aliphatic heterocycles. The number of hydrogen-bond acceptors (Lipinski definition) is 4. The summed E-state index contributed by atoms with van der Waals surface area (Å²) in [6.45, 7) is 8.00. The normalized spacial score (nSPS) is 12.7. The highest BCUT2D eigenvalue weighted by Crippen LogP contribution is 2.31. The monoisotopic (exact) mass is 273 g/mol. The van der Waals surface area contributed by atoms with E-state index in [1.54, 1.807) is 0 Å². The molecular formula is C16H23N3O. The third kappa shape index (κ3) is 3.07. The Balaban J connectivity index is 2.06. The van der Waals surface area contributed by atoms with Gasteiger partial charge < -0.3 is 10.3 Å². The van der Waals surface area contributed by atoms with Gasteiger partial charge in [-0.3, -0.25) is 0 Å². The molecule has 1 heterocycles. The summed E-state index contributed by atoms with van der Waals surface area (Å²) in [5.41, 5.74) is 6.69. The summed E-state index contributed by atoms with van der Waals surface area (Å²) < 4.78 is 5.40. The van der Waals surface area contributed by atoms with Crippen molar-refractivity contribution in [1.29, 1.82) is 0 Å². The van der Waals surface area contributed by atoms with Gasteiger partial charge in [0, 0.05) is 12.0 Å². The molecule has 0 spiro atoms. The fraction of sp³-hybridized carbons (Fsp3) is 0.500. The van der Waals surface area contributed by atoms with Crippen LogP contribution in [-0.4, -0.2) is 15.7 Å². The number of nitrogens with zero attached hydrogens (tertiary/aromatic N) is 2. The molecule has 1 aromatic heterocycles. The molecule has 4 nitrogen and oxygen atoms in total. The molecule has 0 amide bonds. The van der Waals surface area contributed by atoms with Crippen LogP contribution in [0.1, 0.15) is 45.0 Å². The zero-order chi connectivity index (χ0) is 14.8. The fourth-order valence-corrected chi connectivity index (χ4v) is 1.79. The first-order chi connectivity index (χ1) is 9.30. The quantitative estimate of drug-likeness (QED) is 0.909. The number of rotatable bonds is 5. The second kappa shape index (κ2) is 5.37. The maximum atomic E-state index is 6.19. The van der Waals surface area contributed by atoms with Crippen LogP contribution in [0.4, 0.5) is 0 Å². The van der Waals surface area contributed by atoms with Gasteiger partial charge in [-0.2, -0.15) is 4.98 Å². The van der Waals surface area contributed by atoms with Crippen LogP contribution < -0.4 is 5.73 Å². The van der Waals surface area contributed by atoms with Crippen molar-refractivity contribution in [3.05, 3.63) is 47.6 Å². The van der Waals surface area contributed by atoms with E-state index < -0.39 is 5.54 Å². The molecule has 4 heteroatoms. The molecule has 0 fully saturated rings. The summed E-state index contributed by atoms with van der Waals surface area (Å²) in [5, 5.41) is 4.07. The van der Waals surface area contributed by atoms with Crippen molar-refractivity contribution < 1.29 is 4.52 Å². The first-order valence-electron chi connectivity index (χ1n) is 6.96. The van der Waals surface area contributed by atoms with E-state index in [-0.39, 0.29) is 5.41 Å². The molecular weight excluding hydrogens is 250 g/mol. The van der Waals surface area contributed by atoms with Crippen molar-refractivity contribution in [2.24, 2.45) is 5.73 Å². The van der Waals surface area contributed by atoms with E-state index in [1.807, 2.05) is 45.9 Å². The van der Waals surface area contributed by atoms with E-state index in [1.165, 1.54) is 5.56 Å². The Kier molecular flexibility index (Phi) is 3.95. The number of hydrogen-bond donors (Lipinski definition) is 1. The average Bonchev–Trinajstić information content (AvgIpc) is 2.85. The van der Waals surface area contributed by atoms with Gasteiger partial charge in [-0.25, -0.2) is 0 Å². The molecule has 2 aromatic rings. The van der Waals surface area contributed by atoms with Crippen molar-refractivity contribution in [3.63, 3.8) is 0 Å². The predicted octanol–water partition coefficient (Wildman–Crippen LogP) is 2.87. The highest BCUT2D eigenvalue weighted by Gasteiger charge is 2.40. The first kappa shape index (κ1) is 14.7. The standard InChI is InChI=1S/C16H23N3O/c1-15(2,16(3,4)17)14-18-13(19-20-14)11-10-12-8-6-5-7-9-12/h5-9H,10-11,17H2,1-4H3. The van der Waals surface area contributed by atoms with Gasteiger partial charge in [-0.1, -0.05) is 35.5 Å². The van der Waals surface area contributed by atoms with Crippen molar-refractivity contribution >= 4 is 0 Å². The van der Waals surface area contributed by atoms with Crippen molar-refractivity contribution in [3.8, 4) is 0 Å². The molecule has 108 valence electrons. The Morgan fingerprint density at radius 3 is 2.30 bits per heavy atom. The number of aromatic nitrogens is 2. The molecule has 0 aliphatic carbocycles. The van der Waals surface area contributed by atoms with Crippen LogP contribution in [0.3, 0.4) is 0 Å². The minimum absolute atomic E-state index is 0.356. The fourth-order valence-electron chi connectivity index (χ4n) is 1.79. The molecule has 0 saturated heterocycles. The van der Waals surface area contributed by atoms with E-state index in [9.17, 15) is 0 Å². The summed E-state index contributed by atoms with van der Waals surface area (Å²) >= 11 is 0. The second-order valence-electron chi connectivity index (χ2n) is 6.35. The Morgan fingerprint density at radius 2 is 1.70 bits per heavy atom. The van der Waals surface area contributed by atoms with E-state index in [4.69, 9.17) is 10.3 Å². The maximum absolute atomic E-state index is 6.19. The molecule has 20 heavy (non-hydrogen) atoms. The number of aryl methyl sites for hydroxylation is 2. The summed E-state index contributed by atoms with van der Waals surface area (Å²) in [5.74, 6) is 1.34. The molecule has 0 bridgehead atoms. The van der Waals surface area contributed by atoms with E-state index in [0.717, 1.165) is 18.7 Å². The van der Waals surface area contributed by atoms with Gasteiger partial charge in [0.05, 0.1) is 5.41 Å². The van der Waals surface area contributed by atoms with Gasteiger partial charge >= 0.3 is 0 Å². The van der Waals surface area contributed by atoms with E-state index in [2.05, 4.69) is 22.3 Å². The van der Waals surface area contributed by atoms with Gasteiger partial charge in [-0.15, -0.1) is 0 Å². The summed E-state index contributed by atoms with van der Waals surface area (Å²) in [4.78, 5) is 4.51. The SMILES string of the molecule is CC(C)(N)C(C)(C)c1nc(CCc2ccccc2)no1. The summed E-state index contributed by atoms with van der Waals surface area (Å²) in [7, 11) is 0. The van der Waals surface area contributed by atoms with Crippen LogP contribution in [0.5, 0.6) is 0 Å². The molecule has 0 atom stereocenters. The number of benzene rings is 1. The van der Waals surface area contributed by atoms with Crippen molar-refractivity contribution in [1.82, 2.24) is 10.1 Å². The van der Waals surface area contributed by atoms with Crippen LogP contribution in [0.25, 0.3) is 0 Å². The number of nitrogens with two attached hydrogens (primary N) is 1. The lowest BCUT2D eigenvalue weighted by Crippen LogP contribution is -2.50. The second-order valence-corrected chi connectivity index (χ2v) is 6.35. The minimum Gasteiger partial charge on any atom is -0.339 e. The minimum atomic E-state index is -0.420. The average molecular weight is 273 g/mol. The smallest absolute Gasteiger partial charge is 0.234 e. The lowest BCUT2D eigenvalue weighted by molar-refractivity contribution is 0.222. The Bertz CT molecular complexity index is 553. The zero-order valence-corrected chi connectivity index (χ0v) is 12.7. The van der Waals surface area contributed by atoms with E-state index in [0.29, 0.717) is 5.89 Å². The van der Waals surface area contributed by atoms with E-state index >= 15 is 0 Å². The van der Waals surface area contributed by atoms with Crippen molar-refractivity contribution in [2.45, 2.75) is 51.5 Å². The Morgan fingerprint density at radius 1 is 1.05 bits per heavy atom. The van der Waals surface area contributed by atoms with Gasteiger partial charge in [0.1, 0.15) is 0 Å². The Hall–Kier alpha value is -1.68. The van der Waals surface area contributed by atoms with Crippen LogP contribution in [0.15, 0.2) is 34.9 Å². The summed E-state index contributed by atoms with van der Waals surface area (Å²) in [6, 6.07) is 10.3. The lowest BCUT2D eigenvalue weighted by Gasteiger charge is -2.34. The van der Waals surface area contributed by atoms with Gasteiger partial charge in [0.15, 0.2) is 5.82 Å². The highest BCUT2D eigenvalue weighted by atomic mass is 16.5. The predicted molar refractivity (Wildman–Crippen MR) is 79.4 cm³/mol. The zero-order valence-electron chi connectivity index (χ0n) is 12.7. The third-order valence-corrected chi connectivity index (χ3v) is 4.09. The maximum Gasteiger partial charge on any atom is 0.234 e. The molecule has 0 saturated carbocycles. The highest BCUT2D eigenvalue weighted by molar-refractivity contribution is 5.16. The molecule has 1 aromatic carbocycles. The van der Waals surface area contributed by atoms with Gasteiger partial charge in [0.25, 0.3) is 0 Å².